The Labute approximate surface area is 184 Å². The molecule has 0 aromatic heterocycles. The number of para-hydroxylation sites is 2. The fourth-order valence-electron chi connectivity index (χ4n) is 3.77. The molecule has 0 spiro atoms. The van der Waals surface area contributed by atoms with Crippen molar-refractivity contribution in [3.8, 4) is 0 Å². The van der Waals surface area contributed by atoms with Crippen LogP contribution in [0.25, 0.3) is 0 Å². The molecular weight excluding hydrogens is 364 g/mol. The number of nitrogens with zero attached hydrogens (tertiary/aromatic N) is 1. The lowest BCUT2D eigenvalue weighted by molar-refractivity contribution is 0.835. The van der Waals surface area contributed by atoms with Crippen LogP contribution in [0.3, 0.4) is 0 Å². The average molecular weight is 405 g/mol. The van der Waals surface area contributed by atoms with Crippen LogP contribution in [0.2, 0.25) is 0 Å². The van der Waals surface area contributed by atoms with E-state index in [0.717, 1.165) is 11.3 Å². The maximum absolute atomic E-state index is 4.94. The van der Waals surface area contributed by atoms with Gasteiger partial charge in [-0.2, -0.15) is 0 Å². The minimum Gasteiger partial charge on any atom is -0.361 e. The van der Waals surface area contributed by atoms with Gasteiger partial charge >= 0.3 is 0 Å². The summed E-state index contributed by atoms with van der Waals surface area (Å²) in [7, 11) is 0. The molecule has 0 unspecified atom stereocenters. The van der Waals surface area contributed by atoms with Gasteiger partial charge in [0.2, 0.25) is 0 Å². The Morgan fingerprint density at radius 1 is 0.700 bits per heavy atom. The summed E-state index contributed by atoms with van der Waals surface area (Å²) in [5.41, 5.74) is 8.80. The highest BCUT2D eigenvalue weighted by Crippen LogP contribution is 2.35. The van der Waals surface area contributed by atoms with Gasteiger partial charge in [-0.15, -0.1) is 0 Å². The van der Waals surface area contributed by atoms with Crippen molar-refractivity contribution in [3.05, 3.63) is 70.4 Å². The smallest absolute Gasteiger partial charge is 0.0698 e. The van der Waals surface area contributed by atoms with Gasteiger partial charge in [0, 0.05) is 18.1 Å². The maximum atomic E-state index is 4.94. The van der Waals surface area contributed by atoms with Crippen LogP contribution in [0.5, 0.6) is 0 Å². The highest BCUT2D eigenvalue weighted by molar-refractivity contribution is 5.82. The number of anilines is 1. The molecular formula is C28H40N2. The Hall–Kier alpha value is -2.35. The number of hydrogen-bond acceptors (Lipinski definition) is 2. The van der Waals surface area contributed by atoms with Gasteiger partial charge in [-0.25, -0.2) is 0 Å². The second-order valence-corrected chi connectivity index (χ2v) is 9.51. The van der Waals surface area contributed by atoms with Crippen LogP contribution in [-0.2, 0) is 0 Å². The highest BCUT2D eigenvalue weighted by Gasteiger charge is 2.14. The van der Waals surface area contributed by atoms with E-state index in [9.17, 15) is 0 Å². The first-order valence-electron chi connectivity index (χ1n) is 11.4. The van der Waals surface area contributed by atoms with Crippen molar-refractivity contribution in [1.82, 2.24) is 0 Å². The molecule has 162 valence electrons. The largest absolute Gasteiger partial charge is 0.361 e. The fourth-order valence-corrected chi connectivity index (χ4v) is 3.77. The molecule has 2 heteroatoms. The molecule has 0 saturated heterocycles. The summed E-state index contributed by atoms with van der Waals surface area (Å²) in [6.07, 6.45) is 4.08. The first-order chi connectivity index (χ1) is 14.1. The van der Waals surface area contributed by atoms with Gasteiger partial charge in [0.1, 0.15) is 0 Å². The van der Waals surface area contributed by atoms with E-state index in [1.807, 2.05) is 6.21 Å². The number of allylic oxidation sites excluding steroid dienone is 1. The van der Waals surface area contributed by atoms with E-state index < -0.39 is 0 Å². The summed E-state index contributed by atoms with van der Waals surface area (Å²) < 4.78 is 0. The van der Waals surface area contributed by atoms with Gasteiger partial charge in [-0.3, -0.25) is 4.99 Å². The van der Waals surface area contributed by atoms with Crippen molar-refractivity contribution >= 4 is 17.6 Å². The minimum atomic E-state index is 0.449. The molecule has 30 heavy (non-hydrogen) atoms. The van der Waals surface area contributed by atoms with Crippen molar-refractivity contribution in [3.63, 3.8) is 0 Å². The van der Waals surface area contributed by atoms with Crippen LogP contribution < -0.4 is 5.32 Å². The van der Waals surface area contributed by atoms with Crippen molar-refractivity contribution in [2.45, 2.75) is 86.0 Å². The molecule has 1 N–H and O–H groups in total. The van der Waals surface area contributed by atoms with Crippen molar-refractivity contribution < 1.29 is 0 Å². The van der Waals surface area contributed by atoms with E-state index in [4.69, 9.17) is 4.99 Å². The first kappa shape index (κ1) is 23.9. The van der Waals surface area contributed by atoms with E-state index in [-0.39, 0.29) is 0 Å². The SMILES string of the molecule is C/C(C=Nc1c(C(C)C)cccc1C(C)C)=C\Nc1c(C(C)C)cccc1C(C)C. The highest BCUT2D eigenvalue weighted by atomic mass is 14.9. The molecule has 0 saturated carbocycles. The lowest BCUT2D eigenvalue weighted by atomic mass is 9.92. The normalized spacial score (nSPS) is 12.8. The molecule has 2 rings (SSSR count). The Kier molecular flexibility index (Phi) is 8.46. The quantitative estimate of drug-likeness (QED) is 0.436. The lowest BCUT2D eigenvalue weighted by Gasteiger charge is -2.19. The molecule has 0 bridgehead atoms. The van der Waals surface area contributed by atoms with Crippen LogP contribution in [0, 0.1) is 0 Å². The molecule has 2 aromatic rings. The summed E-state index contributed by atoms with van der Waals surface area (Å²) in [5.74, 6) is 1.84. The number of rotatable bonds is 8. The number of aliphatic imine (C=N–C) groups is 1. The van der Waals surface area contributed by atoms with Crippen LogP contribution in [0.4, 0.5) is 11.4 Å². The summed E-state index contributed by atoms with van der Waals surface area (Å²) in [6, 6.07) is 13.2. The molecule has 2 aromatic carbocycles. The Bertz CT molecular complexity index is 846. The third-order valence-electron chi connectivity index (χ3n) is 5.56. The van der Waals surface area contributed by atoms with Crippen LogP contribution >= 0.6 is 0 Å². The Morgan fingerprint density at radius 2 is 1.10 bits per heavy atom. The number of nitrogens with one attached hydrogen (secondary N) is 1. The fraction of sp³-hybridized carbons (Fsp3) is 0.464. The van der Waals surface area contributed by atoms with Crippen molar-refractivity contribution in [2.24, 2.45) is 4.99 Å². The average Bonchev–Trinajstić information content (AvgIpc) is 2.69. The monoisotopic (exact) mass is 404 g/mol. The standard InChI is InChI=1S/C28H40N2/c1-18(2)23-12-10-13-24(19(3)4)27(23)29-16-22(9)17-30-28-25(20(5)6)14-11-15-26(28)21(7)8/h10-21,29H,1-9H3/b22-16+,30-17?. The van der Waals surface area contributed by atoms with Crippen LogP contribution in [0.15, 0.2) is 53.2 Å². The van der Waals surface area contributed by atoms with Gasteiger partial charge < -0.3 is 5.32 Å². The molecule has 0 amide bonds. The predicted molar refractivity (Wildman–Crippen MR) is 135 cm³/mol. The van der Waals surface area contributed by atoms with Gasteiger partial charge in [-0.05, 0) is 58.4 Å². The molecule has 0 radical (unpaired) electrons. The lowest BCUT2D eigenvalue weighted by Crippen LogP contribution is -2.03. The Morgan fingerprint density at radius 3 is 1.50 bits per heavy atom. The zero-order valence-electron chi connectivity index (χ0n) is 20.4. The molecule has 0 aliphatic heterocycles. The molecule has 0 aliphatic carbocycles. The summed E-state index contributed by atoms with van der Waals surface area (Å²) in [6.45, 7) is 20.0. The van der Waals surface area contributed by atoms with Gasteiger partial charge in [0.15, 0.2) is 0 Å². The first-order valence-corrected chi connectivity index (χ1v) is 11.4. The minimum absolute atomic E-state index is 0.449. The number of benzene rings is 2. The second kappa shape index (κ2) is 10.6. The topological polar surface area (TPSA) is 24.4 Å². The third-order valence-corrected chi connectivity index (χ3v) is 5.56. The molecule has 0 aliphatic rings. The van der Waals surface area contributed by atoms with Gasteiger partial charge in [0.25, 0.3) is 0 Å². The van der Waals surface area contributed by atoms with E-state index in [2.05, 4.69) is 110 Å². The van der Waals surface area contributed by atoms with E-state index >= 15 is 0 Å². The summed E-state index contributed by atoms with van der Waals surface area (Å²) >= 11 is 0. The second-order valence-electron chi connectivity index (χ2n) is 9.51. The summed E-state index contributed by atoms with van der Waals surface area (Å²) in [4.78, 5) is 4.94. The molecule has 0 atom stereocenters. The summed E-state index contributed by atoms with van der Waals surface area (Å²) in [5, 5.41) is 3.60. The maximum Gasteiger partial charge on any atom is 0.0698 e. The van der Waals surface area contributed by atoms with Crippen LogP contribution in [0.1, 0.15) is 108 Å². The van der Waals surface area contributed by atoms with Crippen LogP contribution in [-0.4, -0.2) is 6.21 Å². The van der Waals surface area contributed by atoms with Crippen molar-refractivity contribution in [2.75, 3.05) is 5.32 Å². The molecule has 0 fully saturated rings. The van der Waals surface area contributed by atoms with Gasteiger partial charge in [0.05, 0.1) is 5.69 Å². The van der Waals surface area contributed by atoms with E-state index in [1.165, 1.54) is 27.9 Å². The van der Waals surface area contributed by atoms with Gasteiger partial charge in [-0.1, -0.05) is 91.8 Å². The zero-order valence-corrected chi connectivity index (χ0v) is 20.4. The zero-order chi connectivity index (χ0) is 22.4. The third kappa shape index (κ3) is 5.84. The molecule has 0 heterocycles. The van der Waals surface area contributed by atoms with E-state index in [0.29, 0.717) is 23.7 Å². The molecule has 2 nitrogen and oxygen atoms in total. The number of hydrogen-bond donors (Lipinski definition) is 1. The predicted octanol–water partition coefficient (Wildman–Crippen LogP) is 8.90. The van der Waals surface area contributed by atoms with E-state index in [1.54, 1.807) is 0 Å². The Balaban J connectivity index is 2.37. The van der Waals surface area contributed by atoms with Crippen molar-refractivity contribution in [1.29, 1.82) is 0 Å².